The van der Waals surface area contributed by atoms with Gasteiger partial charge in [-0.2, -0.15) is 0 Å². The van der Waals surface area contributed by atoms with Crippen molar-refractivity contribution in [3.05, 3.63) is 0 Å². The SMILES string of the molecule is C#CC1(OC(=O)C2CCC(OCCCCCCOC3CCCCO3)CC2)CCC(C2CCC(CCC)CC2)CC1. The molecule has 228 valence electrons. The first-order chi connectivity index (χ1) is 19.6. The van der Waals surface area contributed by atoms with E-state index in [2.05, 4.69) is 12.8 Å². The minimum atomic E-state index is -0.672. The van der Waals surface area contributed by atoms with Crippen LogP contribution in [0.1, 0.15) is 142 Å². The molecule has 0 spiro atoms. The Bertz CT molecular complexity index is 744. The van der Waals surface area contributed by atoms with E-state index in [0.717, 1.165) is 108 Å². The summed E-state index contributed by atoms with van der Waals surface area (Å²) in [5, 5.41) is 0. The highest BCUT2D eigenvalue weighted by Crippen LogP contribution is 2.44. The van der Waals surface area contributed by atoms with E-state index in [1.165, 1.54) is 64.2 Å². The molecule has 0 amide bonds. The van der Waals surface area contributed by atoms with Gasteiger partial charge in [-0.05, 0) is 114 Å². The Morgan fingerprint density at radius 1 is 0.825 bits per heavy atom. The number of esters is 1. The quantitative estimate of drug-likeness (QED) is 0.122. The van der Waals surface area contributed by atoms with Crippen molar-refractivity contribution in [2.24, 2.45) is 23.7 Å². The number of hydrogen-bond acceptors (Lipinski definition) is 5. The van der Waals surface area contributed by atoms with Crippen LogP contribution < -0.4 is 0 Å². The highest BCUT2D eigenvalue weighted by Gasteiger charge is 2.41. The lowest BCUT2D eigenvalue weighted by Gasteiger charge is -2.41. The number of hydrogen-bond donors (Lipinski definition) is 0. The molecule has 4 rings (SSSR count). The molecule has 1 saturated heterocycles. The topological polar surface area (TPSA) is 54.0 Å². The van der Waals surface area contributed by atoms with Crippen molar-refractivity contribution < 1.29 is 23.7 Å². The van der Waals surface area contributed by atoms with E-state index >= 15 is 0 Å². The van der Waals surface area contributed by atoms with E-state index in [9.17, 15) is 4.79 Å². The third-order valence-corrected chi connectivity index (χ3v) is 10.5. The Kier molecular flexibility index (Phi) is 13.6. The van der Waals surface area contributed by atoms with Gasteiger partial charge in [-0.25, -0.2) is 0 Å². The molecule has 0 radical (unpaired) electrons. The molecule has 5 heteroatoms. The monoisotopic (exact) mass is 558 g/mol. The predicted octanol–water partition coefficient (Wildman–Crippen LogP) is 8.38. The molecule has 0 bridgehead atoms. The molecule has 3 aliphatic carbocycles. The van der Waals surface area contributed by atoms with Crippen LogP contribution in [0.5, 0.6) is 0 Å². The van der Waals surface area contributed by atoms with Crippen molar-refractivity contribution in [3.63, 3.8) is 0 Å². The Morgan fingerprint density at radius 2 is 1.50 bits per heavy atom. The van der Waals surface area contributed by atoms with E-state index in [-0.39, 0.29) is 24.3 Å². The van der Waals surface area contributed by atoms with Crippen molar-refractivity contribution in [1.82, 2.24) is 0 Å². The molecule has 0 aromatic carbocycles. The number of ether oxygens (including phenoxy) is 4. The first-order valence-corrected chi connectivity index (χ1v) is 17.2. The summed E-state index contributed by atoms with van der Waals surface area (Å²) in [6.07, 6.45) is 30.1. The molecule has 3 saturated carbocycles. The van der Waals surface area contributed by atoms with Crippen LogP contribution >= 0.6 is 0 Å². The molecule has 4 fully saturated rings. The summed E-state index contributed by atoms with van der Waals surface area (Å²) in [5.74, 6) is 5.42. The largest absolute Gasteiger partial charge is 0.446 e. The highest BCUT2D eigenvalue weighted by molar-refractivity contribution is 5.73. The van der Waals surface area contributed by atoms with Crippen LogP contribution in [0.25, 0.3) is 0 Å². The standard InChI is InChI=1S/C35H58O5/c1-3-11-28-13-15-29(16-14-28)30-21-23-35(4-2,24-22-30)40-34(36)31-17-19-32(20-18-31)37-25-8-5-6-9-26-38-33-12-7-10-27-39-33/h2,28-33H,3,5-27H2,1H3. The van der Waals surface area contributed by atoms with Gasteiger partial charge in [-0.1, -0.05) is 51.4 Å². The Hall–Kier alpha value is -1.09. The van der Waals surface area contributed by atoms with Gasteiger partial charge in [0.2, 0.25) is 0 Å². The van der Waals surface area contributed by atoms with Crippen LogP contribution in [0, 0.1) is 36.0 Å². The van der Waals surface area contributed by atoms with Gasteiger partial charge in [0.25, 0.3) is 0 Å². The summed E-state index contributed by atoms with van der Waals surface area (Å²) in [7, 11) is 0. The molecule has 4 aliphatic rings. The molecular weight excluding hydrogens is 500 g/mol. The summed E-state index contributed by atoms with van der Waals surface area (Å²) in [4.78, 5) is 13.1. The smallest absolute Gasteiger partial charge is 0.310 e. The number of carbonyl (C=O) groups excluding carboxylic acids is 1. The fourth-order valence-corrected chi connectivity index (χ4v) is 7.82. The first kappa shape index (κ1) is 31.8. The molecular formula is C35H58O5. The average Bonchev–Trinajstić information content (AvgIpc) is 3.00. The molecule has 1 unspecified atom stereocenters. The van der Waals surface area contributed by atoms with Crippen molar-refractivity contribution in [2.75, 3.05) is 19.8 Å². The van der Waals surface area contributed by atoms with Crippen molar-refractivity contribution in [1.29, 1.82) is 0 Å². The van der Waals surface area contributed by atoms with Crippen LogP contribution in [0.15, 0.2) is 0 Å². The zero-order valence-corrected chi connectivity index (χ0v) is 25.6. The minimum Gasteiger partial charge on any atom is -0.446 e. The normalized spacial score (nSPS) is 35.1. The second-order valence-electron chi connectivity index (χ2n) is 13.4. The van der Waals surface area contributed by atoms with Gasteiger partial charge < -0.3 is 18.9 Å². The summed E-state index contributed by atoms with van der Waals surface area (Å²) in [6.45, 7) is 4.77. The van der Waals surface area contributed by atoms with Crippen LogP contribution in [-0.4, -0.2) is 43.8 Å². The van der Waals surface area contributed by atoms with Gasteiger partial charge in [0.15, 0.2) is 11.9 Å². The lowest BCUT2D eigenvalue weighted by molar-refractivity contribution is -0.165. The lowest BCUT2D eigenvalue weighted by atomic mass is 9.68. The number of carbonyl (C=O) groups is 1. The van der Waals surface area contributed by atoms with Gasteiger partial charge in [0.05, 0.1) is 12.0 Å². The molecule has 5 nitrogen and oxygen atoms in total. The Labute approximate surface area is 245 Å². The molecule has 0 N–H and O–H groups in total. The highest BCUT2D eigenvalue weighted by atomic mass is 16.7. The third-order valence-electron chi connectivity index (χ3n) is 10.5. The molecule has 1 aliphatic heterocycles. The maximum atomic E-state index is 13.1. The second-order valence-corrected chi connectivity index (χ2v) is 13.4. The fourth-order valence-electron chi connectivity index (χ4n) is 7.82. The van der Waals surface area contributed by atoms with E-state index in [1.807, 2.05) is 0 Å². The Morgan fingerprint density at radius 3 is 2.12 bits per heavy atom. The van der Waals surface area contributed by atoms with Crippen molar-refractivity contribution in [2.45, 2.75) is 160 Å². The second kappa shape index (κ2) is 17.1. The molecule has 1 atom stereocenters. The fraction of sp³-hybridized carbons (Fsp3) is 0.914. The van der Waals surface area contributed by atoms with Gasteiger partial charge in [0, 0.05) is 19.8 Å². The Balaban J connectivity index is 1.04. The van der Waals surface area contributed by atoms with E-state index in [1.54, 1.807) is 0 Å². The van der Waals surface area contributed by atoms with Gasteiger partial charge in [-0.15, -0.1) is 6.42 Å². The molecule has 0 aromatic rings. The molecule has 0 aromatic heterocycles. The van der Waals surface area contributed by atoms with Gasteiger partial charge in [-0.3, -0.25) is 4.79 Å². The first-order valence-electron chi connectivity index (χ1n) is 17.2. The van der Waals surface area contributed by atoms with E-state index < -0.39 is 5.60 Å². The number of rotatable bonds is 14. The van der Waals surface area contributed by atoms with Crippen molar-refractivity contribution >= 4 is 5.97 Å². The summed E-state index contributed by atoms with van der Waals surface area (Å²) < 4.78 is 23.7. The summed E-state index contributed by atoms with van der Waals surface area (Å²) in [5.41, 5.74) is -0.672. The molecule has 1 heterocycles. The predicted molar refractivity (Wildman–Crippen MR) is 160 cm³/mol. The van der Waals surface area contributed by atoms with Crippen LogP contribution in [0.4, 0.5) is 0 Å². The minimum absolute atomic E-state index is 0.0233. The number of unbranched alkanes of at least 4 members (excludes halogenated alkanes) is 3. The maximum absolute atomic E-state index is 13.1. The van der Waals surface area contributed by atoms with Crippen LogP contribution in [0.3, 0.4) is 0 Å². The van der Waals surface area contributed by atoms with E-state index in [4.69, 9.17) is 25.4 Å². The van der Waals surface area contributed by atoms with Crippen LogP contribution in [0.2, 0.25) is 0 Å². The van der Waals surface area contributed by atoms with Gasteiger partial charge in [0.1, 0.15) is 0 Å². The maximum Gasteiger partial charge on any atom is 0.310 e. The van der Waals surface area contributed by atoms with Gasteiger partial charge >= 0.3 is 5.97 Å². The average molecular weight is 559 g/mol. The lowest BCUT2D eigenvalue weighted by Crippen LogP contribution is -2.41. The summed E-state index contributed by atoms with van der Waals surface area (Å²) in [6, 6.07) is 0. The van der Waals surface area contributed by atoms with E-state index in [0.29, 0.717) is 0 Å². The zero-order chi connectivity index (χ0) is 28.0. The number of terminal acetylenes is 1. The zero-order valence-electron chi connectivity index (χ0n) is 25.6. The summed E-state index contributed by atoms with van der Waals surface area (Å²) >= 11 is 0. The van der Waals surface area contributed by atoms with Crippen molar-refractivity contribution in [3.8, 4) is 12.3 Å². The molecule has 40 heavy (non-hydrogen) atoms. The van der Waals surface area contributed by atoms with Crippen LogP contribution in [-0.2, 0) is 23.7 Å². The third kappa shape index (κ3) is 10.0.